The molecule has 0 saturated heterocycles. The predicted molar refractivity (Wildman–Crippen MR) is 94.9 cm³/mol. The van der Waals surface area contributed by atoms with E-state index in [0.29, 0.717) is 17.2 Å². The molecule has 3 aromatic rings. The Hall–Kier alpha value is -2.47. The number of nitrogens with one attached hydrogen (secondary N) is 1. The molecule has 0 fully saturated rings. The Morgan fingerprint density at radius 2 is 2.13 bits per heavy atom. The molecule has 1 N–H and O–H groups in total. The van der Waals surface area contributed by atoms with Gasteiger partial charge in [-0.25, -0.2) is 0 Å². The van der Waals surface area contributed by atoms with E-state index in [1.165, 1.54) is 0 Å². The number of hydrogen-bond acceptors (Lipinski definition) is 4. The number of nitrogens with zero attached hydrogens (tertiary/aromatic N) is 3. The van der Waals surface area contributed by atoms with Gasteiger partial charge in [0.1, 0.15) is 11.6 Å². The summed E-state index contributed by atoms with van der Waals surface area (Å²) in [4.78, 5) is 0. The quantitative estimate of drug-likeness (QED) is 0.568. The maximum atomic E-state index is 5.87. The Kier molecular flexibility index (Phi) is 4.52. The third-order valence-electron chi connectivity index (χ3n) is 3.51. The highest BCUT2D eigenvalue weighted by atomic mass is 32.1. The molecule has 118 valence electrons. The molecule has 0 aliphatic rings. The molecule has 0 atom stereocenters. The first-order valence-electron chi connectivity index (χ1n) is 7.53. The fraction of sp³-hybridized carbons (Fsp3) is 0.235. The number of fused-ring (bicyclic) bond motifs is 1. The van der Waals surface area contributed by atoms with Crippen LogP contribution in [0.4, 0.5) is 0 Å². The van der Waals surface area contributed by atoms with Crippen LogP contribution >= 0.6 is 12.2 Å². The molecule has 3 rings (SSSR count). The van der Waals surface area contributed by atoms with Crippen molar-refractivity contribution >= 4 is 29.2 Å². The Morgan fingerprint density at radius 3 is 2.87 bits per heavy atom. The molecule has 0 saturated carbocycles. The van der Waals surface area contributed by atoms with Crippen molar-refractivity contribution < 1.29 is 4.74 Å². The molecule has 0 bridgehead atoms. The highest BCUT2D eigenvalue weighted by molar-refractivity contribution is 7.71. The minimum atomic E-state index is 0.468. The normalized spacial score (nSPS) is 11.4. The molecule has 1 heterocycles. The van der Waals surface area contributed by atoms with Gasteiger partial charge in [0.05, 0.1) is 12.8 Å². The van der Waals surface area contributed by atoms with Gasteiger partial charge in [-0.15, -0.1) is 0 Å². The lowest BCUT2D eigenvalue weighted by molar-refractivity contribution is 0.317. The Balaban J connectivity index is 2.11. The largest absolute Gasteiger partial charge is 0.493 e. The van der Waals surface area contributed by atoms with Crippen LogP contribution in [0.3, 0.4) is 0 Å². The Labute approximate surface area is 139 Å². The summed E-state index contributed by atoms with van der Waals surface area (Å²) < 4.78 is 7.94. The second-order valence-electron chi connectivity index (χ2n) is 5.18. The third kappa shape index (κ3) is 3.17. The Bertz CT molecular complexity index is 910. The standard InChI is InChI=1S/C17H18N4OS/c1-3-10-22-16-9-8-13-6-4-5-7-14(13)15(16)11-18-21-12(2)19-20-17(21)23/h4-9,11H,3,10H2,1-2H3,(H,20,23)/b18-11-. The molecule has 6 heteroatoms. The second-order valence-corrected chi connectivity index (χ2v) is 5.57. The van der Waals surface area contributed by atoms with Crippen molar-refractivity contribution in [1.82, 2.24) is 14.9 Å². The van der Waals surface area contributed by atoms with Gasteiger partial charge < -0.3 is 4.74 Å². The van der Waals surface area contributed by atoms with E-state index in [4.69, 9.17) is 17.0 Å². The van der Waals surface area contributed by atoms with Crippen LogP contribution in [0.5, 0.6) is 5.75 Å². The summed E-state index contributed by atoms with van der Waals surface area (Å²) in [5, 5.41) is 13.5. The number of benzene rings is 2. The van der Waals surface area contributed by atoms with Crippen LogP contribution in [0.15, 0.2) is 41.5 Å². The minimum Gasteiger partial charge on any atom is -0.493 e. The van der Waals surface area contributed by atoms with Crippen LogP contribution in [-0.2, 0) is 0 Å². The van der Waals surface area contributed by atoms with E-state index in [1.807, 2.05) is 25.1 Å². The van der Waals surface area contributed by atoms with Gasteiger partial charge in [-0.1, -0.05) is 37.3 Å². The number of ether oxygens (including phenoxy) is 1. The summed E-state index contributed by atoms with van der Waals surface area (Å²) in [6.07, 6.45) is 2.74. The van der Waals surface area contributed by atoms with E-state index in [1.54, 1.807) is 10.9 Å². The second kappa shape index (κ2) is 6.75. The average Bonchev–Trinajstić information content (AvgIpc) is 2.89. The van der Waals surface area contributed by atoms with Gasteiger partial charge in [0, 0.05) is 5.56 Å². The van der Waals surface area contributed by atoms with Crippen LogP contribution in [0.25, 0.3) is 10.8 Å². The summed E-state index contributed by atoms with van der Waals surface area (Å²) in [6.45, 7) is 4.60. The number of H-pyrrole nitrogens is 1. The molecule has 0 radical (unpaired) electrons. The lowest BCUT2D eigenvalue weighted by Gasteiger charge is -2.11. The van der Waals surface area contributed by atoms with Crippen molar-refractivity contribution in [3.63, 3.8) is 0 Å². The molecule has 5 nitrogen and oxygen atoms in total. The maximum Gasteiger partial charge on any atom is 0.216 e. The summed E-state index contributed by atoms with van der Waals surface area (Å²) in [5.74, 6) is 1.53. The van der Waals surface area contributed by atoms with Gasteiger partial charge in [0.15, 0.2) is 0 Å². The van der Waals surface area contributed by atoms with Gasteiger partial charge in [-0.3, -0.25) is 5.10 Å². The summed E-state index contributed by atoms with van der Waals surface area (Å²) >= 11 is 5.19. The first kappa shape index (κ1) is 15.4. The number of aromatic amines is 1. The lowest BCUT2D eigenvalue weighted by atomic mass is 10.0. The lowest BCUT2D eigenvalue weighted by Crippen LogP contribution is -2.01. The summed E-state index contributed by atoms with van der Waals surface area (Å²) in [5.41, 5.74) is 0.944. The molecule has 0 amide bonds. The number of aryl methyl sites for hydroxylation is 1. The van der Waals surface area contributed by atoms with E-state index in [-0.39, 0.29) is 0 Å². The monoisotopic (exact) mass is 326 g/mol. The molecule has 1 aromatic heterocycles. The van der Waals surface area contributed by atoms with Crippen molar-refractivity contribution in [1.29, 1.82) is 0 Å². The van der Waals surface area contributed by atoms with E-state index in [9.17, 15) is 0 Å². The van der Waals surface area contributed by atoms with E-state index in [2.05, 4.69) is 40.4 Å². The van der Waals surface area contributed by atoms with Crippen molar-refractivity contribution in [3.05, 3.63) is 52.6 Å². The van der Waals surface area contributed by atoms with Crippen LogP contribution in [0.1, 0.15) is 24.7 Å². The fourth-order valence-electron chi connectivity index (χ4n) is 2.37. The molecule has 0 aliphatic carbocycles. The fourth-order valence-corrected chi connectivity index (χ4v) is 2.59. The molecule has 0 spiro atoms. The van der Waals surface area contributed by atoms with Crippen LogP contribution in [0, 0.1) is 11.7 Å². The van der Waals surface area contributed by atoms with E-state index < -0.39 is 0 Å². The zero-order valence-corrected chi connectivity index (χ0v) is 13.9. The molecule has 2 aromatic carbocycles. The first-order chi connectivity index (χ1) is 11.2. The number of hydrogen-bond donors (Lipinski definition) is 1. The SMILES string of the molecule is CCCOc1ccc2ccccc2c1/C=N\n1c(C)n[nH]c1=S. The van der Waals surface area contributed by atoms with Crippen LogP contribution in [-0.4, -0.2) is 27.7 Å². The van der Waals surface area contributed by atoms with Gasteiger partial charge in [-0.2, -0.15) is 14.9 Å². The zero-order valence-electron chi connectivity index (χ0n) is 13.1. The molecule has 0 aliphatic heterocycles. The van der Waals surface area contributed by atoms with Gasteiger partial charge >= 0.3 is 0 Å². The first-order valence-corrected chi connectivity index (χ1v) is 7.94. The number of rotatable bonds is 5. The maximum absolute atomic E-state index is 5.87. The number of aromatic nitrogens is 3. The molecule has 23 heavy (non-hydrogen) atoms. The highest BCUT2D eigenvalue weighted by Crippen LogP contribution is 2.27. The highest BCUT2D eigenvalue weighted by Gasteiger charge is 2.07. The summed E-state index contributed by atoms with van der Waals surface area (Å²) in [7, 11) is 0. The van der Waals surface area contributed by atoms with Crippen molar-refractivity contribution in [2.24, 2.45) is 5.10 Å². The zero-order chi connectivity index (χ0) is 16.2. The molecule has 0 unspecified atom stereocenters. The smallest absolute Gasteiger partial charge is 0.216 e. The third-order valence-corrected chi connectivity index (χ3v) is 3.77. The van der Waals surface area contributed by atoms with Gasteiger partial charge in [0.2, 0.25) is 4.77 Å². The summed E-state index contributed by atoms with van der Waals surface area (Å²) in [6, 6.07) is 12.2. The Morgan fingerprint density at radius 1 is 1.30 bits per heavy atom. The van der Waals surface area contributed by atoms with E-state index >= 15 is 0 Å². The topological polar surface area (TPSA) is 55.2 Å². The minimum absolute atomic E-state index is 0.468. The molecular formula is C17H18N4OS. The van der Waals surface area contributed by atoms with Crippen molar-refractivity contribution in [3.8, 4) is 5.75 Å². The molecular weight excluding hydrogens is 308 g/mol. The van der Waals surface area contributed by atoms with Crippen molar-refractivity contribution in [2.45, 2.75) is 20.3 Å². The van der Waals surface area contributed by atoms with E-state index in [0.717, 1.165) is 28.5 Å². The van der Waals surface area contributed by atoms with Crippen LogP contribution < -0.4 is 4.74 Å². The van der Waals surface area contributed by atoms with Gasteiger partial charge in [0.25, 0.3) is 0 Å². The van der Waals surface area contributed by atoms with Crippen molar-refractivity contribution in [2.75, 3.05) is 6.61 Å². The van der Waals surface area contributed by atoms with Crippen LogP contribution in [0.2, 0.25) is 0 Å². The average molecular weight is 326 g/mol. The predicted octanol–water partition coefficient (Wildman–Crippen LogP) is 4.07. The van der Waals surface area contributed by atoms with Gasteiger partial charge in [-0.05, 0) is 42.4 Å².